The van der Waals surface area contributed by atoms with Crippen LogP contribution in [0.5, 0.6) is 0 Å². The van der Waals surface area contributed by atoms with Crippen LogP contribution in [0.25, 0.3) is 10.2 Å². The van der Waals surface area contributed by atoms with E-state index in [1.165, 1.54) is 27.2 Å². The van der Waals surface area contributed by atoms with Gasteiger partial charge in [0.2, 0.25) is 0 Å². The Morgan fingerprint density at radius 3 is 2.38 bits per heavy atom. The lowest BCUT2D eigenvalue weighted by atomic mass is 10.2. The number of benzene rings is 2. The van der Waals surface area contributed by atoms with E-state index in [1.807, 2.05) is 6.07 Å². The Labute approximate surface area is 182 Å². The molecule has 0 aliphatic heterocycles. The number of nitrogens with zero attached hydrogens (tertiary/aromatic N) is 2. The molecule has 0 amide bonds. The van der Waals surface area contributed by atoms with Crippen molar-refractivity contribution < 1.29 is 13.2 Å². The average molecular weight is 526 g/mol. The Kier molecular flexibility index (Phi) is 5.59. The molecule has 0 atom stereocenters. The molecule has 4 nitrogen and oxygen atoms in total. The van der Waals surface area contributed by atoms with Crippen molar-refractivity contribution in [3.63, 3.8) is 0 Å². The topological polar surface area (TPSA) is 49.8 Å². The van der Waals surface area contributed by atoms with E-state index in [0.717, 1.165) is 28.1 Å². The SMILES string of the molecule is FC(F)(F)c1ccc(Nc2nsc3c(NCc4ccc(I)cc4)ccnc23)cc1. The Bertz CT molecular complexity index is 1130. The summed E-state index contributed by atoms with van der Waals surface area (Å²) in [5.41, 5.74) is 2.56. The fraction of sp³-hybridized carbons (Fsp3) is 0.100. The van der Waals surface area contributed by atoms with E-state index in [2.05, 4.69) is 66.8 Å². The van der Waals surface area contributed by atoms with E-state index in [4.69, 9.17) is 0 Å². The van der Waals surface area contributed by atoms with Gasteiger partial charge in [0.05, 0.1) is 16.0 Å². The molecule has 2 heterocycles. The van der Waals surface area contributed by atoms with Crippen molar-refractivity contribution in [2.45, 2.75) is 12.7 Å². The Balaban J connectivity index is 1.53. The van der Waals surface area contributed by atoms with Gasteiger partial charge in [-0.25, -0.2) is 0 Å². The number of aromatic nitrogens is 2. The van der Waals surface area contributed by atoms with Crippen molar-refractivity contribution in [3.05, 3.63) is 75.5 Å². The molecule has 29 heavy (non-hydrogen) atoms. The molecule has 4 rings (SSSR count). The maximum Gasteiger partial charge on any atom is 0.416 e. The second kappa shape index (κ2) is 8.15. The van der Waals surface area contributed by atoms with Crippen LogP contribution in [0.15, 0.2) is 60.8 Å². The third kappa shape index (κ3) is 4.61. The molecular weight excluding hydrogens is 512 g/mol. The van der Waals surface area contributed by atoms with Crippen molar-refractivity contribution in [2.75, 3.05) is 10.6 Å². The number of pyridine rings is 1. The number of anilines is 3. The summed E-state index contributed by atoms with van der Waals surface area (Å²) in [6.07, 6.45) is -2.67. The summed E-state index contributed by atoms with van der Waals surface area (Å²) < 4.78 is 44.6. The molecule has 2 aromatic heterocycles. The predicted octanol–water partition coefficient (Wildman–Crippen LogP) is 6.67. The van der Waals surface area contributed by atoms with E-state index >= 15 is 0 Å². The average Bonchev–Trinajstić information content (AvgIpc) is 3.11. The summed E-state index contributed by atoms with van der Waals surface area (Å²) >= 11 is 3.55. The van der Waals surface area contributed by atoms with Crippen LogP contribution < -0.4 is 10.6 Å². The van der Waals surface area contributed by atoms with Crippen LogP contribution in [0.4, 0.5) is 30.4 Å². The molecule has 2 N–H and O–H groups in total. The van der Waals surface area contributed by atoms with Crippen LogP contribution >= 0.6 is 34.1 Å². The van der Waals surface area contributed by atoms with Gasteiger partial charge in [0, 0.05) is 22.0 Å². The number of rotatable bonds is 5. The molecule has 0 radical (unpaired) electrons. The number of nitrogens with one attached hydrogen (secondary N) is 2. The summed E-state index contributed by atoms with van der Waals surface area (Å²) in [7, 11) is 0. The summed E-state index contributed by atoms with van der Waals surface area (Å²) in [6, 6.07) is 15.0. The summed E-state index contributed by atoms with van der Waals surface area (Å²) in [4.78, 5) is 4.39. The van der Waals surface area contributed by atoms with E-state index in [9.17, 15) is 13.2 Å². The van der Waals surface area contributed by atoms with Gasteiger partial charge >= 0.3 is 6.18 Å². The fourth-order valence-electron chi connectivity index (χ4n) is 2.74. The Morgan fingerprint density at radius 2 is 1.69 bits per heavy atom. The highest BCUT2D eigenvalue weighted by atomic mass is 127. The molecule has 0 aliphatic carbocycles. The molecule has 0 spiro atoms. The lowest BCUT2D eigenvalue weighted by molar-refractivity contribution is -0.137. The summed E-state index contributed by atoms with van der Waals surface area (Å²) in [6.45, 7) is 0.662. The van der Waals surface area contributed by atoms with Gasteiger partial charge in [0.25, 0.3) is 0 Å². The highest BCUT2D eigenvalue weighted by molar-refractivity contribution is 14.1. The van der Waals surface area contributed by atoms with Crippen molar-refractivity contribution in [1.29, 1.82) is 0 Å². The summed E-state index contributed by atoms with van der Waals surface area (Å²) in [5, 5.41) is 6.45. The molecule has 0 aliphatic rings. The fourth-order valence-corrected chi connectivity index (χ4v) is 3.89. The number of hydrogen-bond donors (Lipinski definition) is 2. The molecule has 2 aromatic carbocycles. The highest BCUT2D eigenvalue weighted by Crippen LogP contribution is 2.34. The van der Waals surface area contributed by atoms with E-state index < -0.39 is 11.7 Å². The van der Waals surface area contributed by atoms with Gasteiger partial charge in [-0.1, -0.05) is 12.1 Å². The molecular formula is C20H14F3IN4S. The minimum Gasteiger partial charge on any atom is -0.380 e. The number of halogens is 4. The van der Waals surface area contributed by atoms with Crippen LogP contribution in [-0.2, 0) is 12.7 Å². The minimum absolute atomic E-state index is 0.516. The molecule has 0 saturated heterocycles. The van der Waals surface area contributed by atoms with Crippen molar-refractivity contribution in [3.8, 4) is 0 Å². The first kappa shape index (κ1) is 19.9. The quantitative estimate of drug-likeness (QED) is 0.285. The van der Waals surface area contributed by atoms with Gasteiger partial charge in [0.15, 0.2) is 5.82 Å². The van der Waals surface area contributed by atoms with Crippen LogP contribution in [0.1, 0.15) is 11.1 Å². The van der Waals surface area contributed by atoms with Crippen molar-refractivity contribution >= 4 is 61.5 Å². The van der Waals surface area contributed by atoms with E-state index in [1.54, 1.807) is 6.20 Å². The zero-order valence-electron chi connectivity index (χ0n) is 14.8. The second-order valence-corrected chi connectivity index (χ2v) is 8.27. The smallest absolute Gasteiger partial charge is 0.380 e. The van der Waals surface area contributed by atoms with Gasteiger partial charge in [-0.05, 0) is 82.2 Å². The number of hydrogen-bond acceptors (Lipinski definition) is 5. The number of fused-ring (bicyclic) bond motifs is 1. The Morgan fingerprint density at radius 1 is 0.966 bits per heavy atom. The maximum absolute atomic E-state index is 12.7. The standard InChI is InChI=1S/C20H14F3IN4S/c21-20(22,23)13-3-7-15(8-4-13)27-19-17-18(29-28-19)16(9-10-25-17)26-11-12-1-5-14(24)6-2-12/h1-10H,11H2,(H,25,26)(H,27,28). The van der Waals surface area contributed by atoms with Gasteiger partial charge in [-0.15, -0.1) is 0 Å². The number of alkyl halides is 3. The van der Waals surface area contributed by atoms with E-state index in [-0.39, 0.29) is 0 Å². The minimum atomic E-state index is -4.36. The molecule has 148 valence electrons. The molecule has 4 aromatic rings. The van der Waals surface area contributed by atoms with Crippen molar-refractivity contribution in [1.82, 2.24) is 9.36 Å². The van der Waals surface area contributed by atoms with Crippen molar-refractivity contribution in [2.24, 2.45) is 0 Å². The largest absolute Gasteiger partial charge is 0.416 e. The molecule has 9 heteroatoms. The Hall–Kier alpha value is -2.40. The van der Waals surface area contributed by atoms with Crippen LogP contribution in [-0.4, -0.2) is 9.36 Å². The first-order valence-electron chi connectivity index (χ1n) is 8.57. The van der Waals surface area contributed by atoms with Gasteiger partial charge < -0.3 is 10.6 Å². The van der Waals surface area contributed by atoms with Gasteiger partial charge in [-0.2, -0.15) is 17.5 Å². The molecule has 0 saturated carbocycles. The third-order valence-electron chi connectivity index (χ3n) is 4.23. The zero-order valence-corrected chi connectivity index (χ0v) is 17.8. The highest BCUT2D eigenvalue weighted by Gasteiger charge is 2.30. The van der Waals surface area contributed by atoms with Gasteiger partial charge in [0.1, 0.15) is 5.52 Å². The molecule has 0 fully saturated rings. The maximum atomic E-state index is 12.7. The van der Waals surface area contributed by atoms with Crippen LogP contribution in [0, 0.1) is 3.57 Å². The zero-order chi connectivity index (χ0) is 20.4. The first-order valence-corrected chi connectivity index (χ1v) is 10.4. The van der Waals surface area contributed by atoms with Crippen LogP contribution in [0.3, 0.4) is 0 Å². The normalized spacial score (nSPS) is 11.6. The third-order valence-corrected chi connectivity index (χ3v) is 5.82. The van der Waals surface area contributed by atoms with Crippen LogP contribution in [0.2, 0.25) is 0 Å². The lowest BCUT2D eigenvalue weighted by Crippen LogP contribution is -2.04. The predicted molar refractivity (Wildman–Crippen MR) is 119 cm³/mol. The first-order chi connectivity index (χ1) is 13.9. The monoisotopic (exact) mass is 526 g/mol. The second-order valence-electron chi connectivity index (χ2n) is 6.25. The molecule has 0 unspecified atom stereocenters. The van der Waals surface area contributed by atoms with E-state index in [0.29, 0.717) is 23.6 Å². The van der Waals surface area contributed by atoms with Gasteiger partial charge in [-0.3, -0.25) is 4.98 Å². The summed E-state index contributed by atoms with van der Waals surface area (Å²) in [5.74, 6) is 0.516. The lowest BCUT2D eigenvalue weighted by Gasteiger charge is -2.09. The molecule has 0 bridgehead atoms.